The van der Waals surface area contributed by atoms with Crippen LogP contribution in [0.5, 0.6) is 0 Å². The van der Waals surface area contributed by atoms with Crippen molar-refractivity contribution in [3.63, 3.8) is 0 Å². The van der Waals surface area contributed by atoms with Gasteiger partial charge in [-0.05, 0) is 18.6 Å². The summed E-state index contributed by atoms with van der Waals surface area (Å²) < 4.78 is 4.92. The first kappa shape index (κ1) is 11.0. The average molecular weight is 241 g/mol. The number of halogens is 1. The fraction of sp³-hybridized carbons (Fsp3) is 0.273. The smallest absolute Gasteiger partial charge is 0.348 e. The van der Waals surface area contributed by atoms with E-state index >= 15 is 0 Å². The third-order valence-electron chi connectivity index (χ3n) is 2.60. The normalized spacial score (nSPS) is 23.5. The lowest BCUT2D eigenvalue weighted by Gasteiger charge is -2.30. The second kappa shape index (κ2) is 3.49. The fourth-order valence-corrected chi connectivity index (χ4v) is 1.99. The van der Waals surface area contributed by atoms with Crippen molar-refractivity contribution < 1.29 is 19.4 Å². The van der Waals surface area contributed by atoms with Crippen LogP contribution in [0.1, 0.15) is 22.8 Å². The number of carbonyl (C=O) groups is 2. The van der Waals surface area contributed by atoms with Crippen molar-refractivity contribution in [2.24, 2.45) is 0 Å². The zero-order valence-electron chi connectivity index (χ0n) is 8.49. The second-order valence-corrected chi connectivity index (χ2v) is 4.28. The minimum Gasteiger partial charge on any atom is -0.478 e. The molecular weight excluding hydrogens is 232 g/mol. The monoisotopic (exact) mass is 240 g/mol. The maximum Gasteiger partial charge on any atom is 0.348 e. The molecule has 84 valence electrons. The lowest BCUT2D eigenvalue weighted by molar-refractivity contribution is -0.158. The van der Waals surface area contributed by atoms with Gasteiger partial charge in [0.25, 0.3) is 0 Å². The number of fused-ring (bicyclic) bond motifs is 1. The number of esters is 1. The Kier molecular flexibility index (Phi) is 2.39. The quantitative estimate of drug-likeness (QED) is 0.762. The highest BCUT2D eigenvalue weighted by Crippen LogP contribution is 2.32. The van der Waals surface area contributed by atoms with Crippen LogP contribution >= 0.6 is 11.6 Å². The number of carboxylic acids is 1. The van der Waals surface area contributed by atoms with Gasteiger partial charge in [0.15, 0.2) is 0 Å². The molecule has 0 aliphatic carbocycles. The zero-order chi connectivity index (χ0) is 11.9. The molecule has 1 aromatic carbocycles. The minimum absolute atomic E-state index is 0.129. The molecule has 5 heteroatoms. The van der Waals surface area contributed by atoms with Gasteiger partial charge in [-0.2, -0.15) is 0 Å². The van der Waals surface area contributed by atoms with Crippen LogP contribution in [0.3, 0.4) is 0 Å². The number of carbonyl (C=O) groups excluding carboxylic acids is 1. The molecular formula is C11H9ClO4. The van der Waals surface area contributed by atoms with Crippen LogP contribution in [0, 0.1) is 0 Å². The van der Waals surface area contributed by atoms with E-state index < -0.39 is 17.5 Å². The van der Waals surface area contributed by atoms with Crippen molar-refractivity contribution in [3.05, 3.63) is 34.3 Å². The van der Waals surface area contributed by atoms with Gasteiger partial charge in [-0.25, -0.2) is 9.59 Å². The molecule has 0 spiro atoms. The van der Waals surface area contributed by atoms with Crippen molar-refractivity contribution in [2.75, 3.05) is 0 Å². The number of hydrogen-bond acceptors (Lipinski definition) is 3. The van der Waals surface area contributed by atoms with E-state index in [2.05, 4.69) is 0 Å². The average Bonchev–Trinajstić information content (AvgIpc) is 2.16. The molecule has 0 bridgehead atoms. The van der Waals surface area contributed by atoms with Crippen LogP contribution in [0.25, 0.3) is 0 Å². The van der Waals surface area contributed by atoms with Gasteiger partial charge in [0.2, 0.25) is 5.60 Å². The Morgan fingerprint density at radius 1 is 1.56 bits per heavy atom. The van der Waals surface area contributed by atoms with E-state index in [9.17, 15) is 9.59 Å². The molecule has 1 heterocycles. The fourth-order valence-electron chi connectivity index (χ4n) is 1.72. The topological polar surface area (TPSA) is 63.6 Å². The van der Waals surface area contributed by atoms with Crippen molar-refractivity contribution >= 4 is 23.5 Å². The minimum atomic E-state index is -1.51. The molecule has 1 aliphatic rings. The van der Waals surface area contributed by atoms with Gasteiger partial charge in [0.1, 0.15) is 0 Å². The molecule has 0 amide bonds. The summed E-state index contributed by atoms with van der Waals surface area (Å²) in [6.45, 7) is 1.37. The van der Waals surface area contributed by atoms with E-state index in [0.29, 0.717) is 5.56 Å². The van der Waals surface area contributed by atoms with E-state index in [-0.39, 0.29) is 17.0 Å². The van der Waals surface area contributed by atoms with E-state index in [4.69, 9.17) is 21.4 Å². The summed E-state index contributed by atoms with van der Waals surface area (Å²) in [5, 5.41) is 9.29. The summed E-state index contributed by atoms with van der Waals surface area (Å²) >= 11 is 5.86. The number of cyclic esters (lactones) is 1. The molecule has 0 saturated carbocycles. The highest BCUT2D eigenvalue weighted by molar-refractivity contribution is 6.33. The third-order valence-corrected chi connectivity index (χ3v) is 2.92. The Bertz CT molecular complexity index is 483. The summed E-state index contributed by atoms with van der Waals surface area (Å²) in [5.74, 6) is -1.84. The predicted octanol–water partition coefficient (Wildman–Crippen LogP) is 1.90. The number of hydrogen-bond donors (Lipinski definition) is 1. The molecule has 1 aliphatic heterocycles. The van der Waals surface area contributed by atoms with Crippen LogP contribution in [0.4, 0.5) is 0 Å². The Balaban J connectivity index is 2.53. The predicted molar refractivity (Wildman–Crippen MR) is 56.6 cm³/mol. The van der Waals surface area contributed by atoms with Crippen molar-refractivity contribution in [3.8, 4) is 0 Å². The number of ether oxygens (including phenoxy) is 1. The number of benzene rings is 1. The molecule has 0 radical (unpaired) electrons. The molecule has 1 atom stereocenters. The van der Waals surface area contributed by atoms with E-state index in [1.54, 1.807) is 18.2 Å². The van der Waals surface area contributed by atoms with Gasteiger partial charge >= 0.3 is 11.9 Å². The summed E-state index contributed by atoms with van der Waals surface area (Å²) in [7, 11) is 0. The lowest BCUT2D eigenvalue weighted by atomic mass is 9.90. The SMILES string of the molecule is CC1(C(=O)O)Cc2cccc(Cl)c2C(=O)O1. The zero-order valence-corrected chi connectivity index (χ0v) is 9.25. The summed E-state index contributed by atoms with van der Waals surface area (Å²) in [4.78, 5) is 22.7. The standard InChI is InChI=1S/C11H9ClO4/c1-11(10(14)15)5-6-3-2-4-7(12)8(6)9(13)16-11/h2-4H,5H2,1H3,(H,14,15). The number of carboxylic acid groups (broad SMARTS) is 1. The maximum absolute atomic E-state index is 11.7. The summed E-state index contributed by atoms with van der Waals surface area (Å²) in [5.41, 5.74) is -0.633. The number of rotatable bonds is 1. The Morgan fingerprint density at radius 3 is 2.88 bits per heavy atom. The van der Waals surface area contributed by atoms with Crippen molar-refractivity contribution in [1.82, 2.24) is 0 Å². The first-order valence-corrected chi connectivity index (χ1v) is 5.06. The Hall–Kier alpha value is -1.55. The van der Waals surface area contributed by atoms with Gasteiger partial charge in [0.05, 0.1) is 10.6 Å². The molecule has 1 aromatic rings. The van der Waals surface area contributed by atoms with Crippen molar-refractivity contribution in [1.29, 1.82) is 0 Å². The van der Waals surface area contributed by atoms with Crippen LogP contribution in [0.2, 0.25) is 5.02 Å². The van der Waals surface area contributed by atoms with Gasteiger partial charge in [-0.1, -0.05) is 23.7 Å². The first-order valence-electron chi connectivity index (χ1n) is 4.68. The second-order valence-electron chi connectivity index (χ2n) is 3.88. The highest BCUT2D eigenvalue weighted by atomic mass is 35.5. The molecule has 2 rings (SSSR count). The van der Waals surface area contributed by atoms with Crippen LogP contribution in [0.15, 0.2) is 18.2 Å². The van der Waals surface area contributed by atoms with E-state index in [0.717, 1.165) is 0 Å². The van der Waals surface area contributed by atoms with Gasteiger partial charge < -0.3 is 9.84 Å². The van der Waals surface area contributed by atoms with Gasteiger partial charge in [-0.3, -0.25) is 0 Å². The van der Waals surface area contributed by atoms with Gasteiger partial charge in [0, 0.05) is 6.42 Å². The van der Waals surface area contributed by atoms with Crippen LogP contribution in [-0.4, -0.2) is 22.6 Å². The molecule has 16 heavy (non-hydrogen) atoms. The summed E-state index contributed by atoms with van der Waals surface area (Å²) in [6, 6.07) is 4.94. The lowest BCUT2D eigenvalue weighted by Crippen LogP contribution is -2.45. The van der Waals surface area contributed by atoms with E-state index in [1.165, 1.54) is 6.92 Å². The molecule has 1 unspecified atom stereocenters. The third kappa shape index (κ3) is 1.55. The molecule has 0 saturated heterocycles. The molecule has 0 aromatic heterocycles. The Labute approximate surface area is 96.8 Å². The highest BCUT2D eigenvalue weighted by Gasteiger charge is 2.43. The van der Waals surface area contributed by atoms with E-state index in [1.807, 2.05) is 0 Å². The first-order chi connectivity index (χ1) is 7.44. The van der Waals surface area contributed by atoms with Gasteiger partial charge in [-0.15, -0.1) is 0 Å². The molecule has 4 nitrogen and oxygen atoms in total. The van der Waals surface area contributed by atoms with Crippen LogP contribution in [-0.2, 0) is 16.0 Å². The summed E-state index contributed by atoms with van der Waals surface area (Å²) in [6.07, 6.45) is 0.129. The molecule has 0 fully saturated rings. The largest absolute Gasteiger partial charge is 0.478 e. The number of aliphatic carboxylic acids is 1. The maximum atomic E-state index is 11.7. The molecule has 1 N–H and O–H groups in total. The Morgan fingerprint density at radius 2 is 2.25 bits per heavy atom. The van der Waals surface area contributed by atoms with Crippen LogP contribution < -0.4 is 0 Å². The van der Waals surface area contributed by atoms with Crippen molar-refractivity contribution in [2.45, 2.75) is 18.9 Å².